The highest BCUT2D eigenvalue weighted by Crippen LogP contribution is 2.34. The number of rotatable bonds is 6. The Morgan fingerprint density at radius 2 is 1.61 bits per heavy atom. The molecule has 2 aromatic heterocycles. The van der Waals surface area contributed by atoms with Crippen LogP contribution in [-0.2, 0) is 6.54 Å². The fourth-order valence-electron chi connectivity index (χ4n) is 5.64. The summed E-state index contributed by atoms with van der Waals surface area (Å²) in [6.45, 7) is 4.18. The van der Waals surface area contributed by atoms with E-state index in [1.54, 1.807) is 12.4 Å². The van der Waals surface area contributed by atoms with E-state index in [4.69, 9.17) is 0 Å². The Bertz CT molecular complexity index is 1350. The molecule has 1 aliphatic carbocycles. The molecule has 1 saturated carbocycles. The molecule has 1 saturated heterocycles. The second-order valence-electron chi connectivity index (χ2n) is 9.95. The van der Waals surface area contributed by atoms with Gasteiger partial charge in [0.05, 0.1) is 22.4 Å². The summed E-state index contributed by atoms with van der Waals surface area (Å²) < 4.78 is 1.97. The van der Waals surface area contributed by atoms with Crippen molar-refractivity contribution in [3.63, 3.8) is 0 Å². The second kappa shape index (κ2) is 10.0. The molecule has 8 nitrogen and oxygen atoms in total. The van der Waals surface area contributed by atoms with E-state index in [-0.39, 0.29) is 5.69 Å². The smallest absolute Gasteiger partial charge is 0.326 e. The maximum atomic E-state index is 13.0. The summed E-state index contributed by atoms with van der Waals surface area (Å²) >= 11 is 0. The Hall–Kier alpha value is -3.81. The lowest BCUT2D eigenvalue weighted by atomic mass is 9.89. The van der Waals surface area contributed by atoms with E-state index in [2.05, 4.69) is 54.3 Å². The molecule has 0 spiro atoms. The molecule has 36 heavy (non-hydrogen) atoms. The molecule has 2 N–H and O–H groups in total. The van der Waals surface area contributed by atoms with Crippen LogP contribution < -0.4 is 20.8 Å². The van der Waals surface area contributed by atoms with Crippen molar-refractivity contribution in [2.45, 2.75) is 38.6 Å². The van der Waals surface area contributed by atoms with E-state index in [1.807, 2.05) is 28.8 Å². The molecule has 0 atom stereocenters. The molecule has 2 fully saturated rings. The summed E-state index contributed by atoms with van der Waals surface area (Å²) in [4.78, 5) is 29.6. The van der Waals surface area contributed by atoms with Crippen molar-refractivity contribution in [3.05, 3.63) is 71.4 Å². The normalized spacial score (nSPS) is 17.0. The second-order valence-corrected chi connectivity index (χ2v) is 9.95. The number of hydrogen-bond donors (Lipinski definition) is 2. The molecule has 186 valence electrons. The highest BCUT2D eigenvalue weighted by Gasteiger charge is 2.23. The van der Waals surface area contributed by atoms with Gasteiger partial charge in [0.25, 0.3) is 0 Å². The lowest BCUT2D eigenvalue weighted by Crippen LogP contribution is -2.47. The molecule has 0 amide bonds. The van der Waals surface area contributed by atoms with Gasteiger partial charge in [-0.25, -0.2) is 14.8 Å². The lowest BCUT2D eigenvalue weighted by molar-refractivity contribution is 0.319. The highest BCUT2D eigenvalue weighted by molar-refractivity contribution is 5.90. The average molecular weight is 484 g/mol. The van der Waals surface area contributed by atoms with E-state index in [1.165, 1.54) is 32.1 Å². The van der Waals surface area contributed by atoms with Crippen molar-refractivity contribution >= 4 is 34.0 Å². The zero-order valence-electron chi connectivity index (χ0n) is 20.6. The summed E-state index contributed by atoms with van der Waals surface area (Å²) in [5.74, 6) is 1.36. The van der Waals surface area contributed by atoms with Crippen molar-refractivity contribution in [2.24, 2.45) is 5.92 Å². The first-order valence-corrected chi connectivity index (χ1v) is 13.1. The number of imidazole rings is 1. The van der Waals surface area contributed by atoms with Crippen molar-refractivity contribution in [2.75, 3.05) is 41.3 Å². The Kier molecular flexibility index (Phi) is 6.32. The van der Waals surface area contributed by atoms with Gasteiger partial charge >= 0.3 is 5.69 Å². The van der Waals surface area contributed by atoms with Crippen molar-refractivity contribution in [3.8, 4) is 0 Å². The first-order chi connectivity index (χ1) is 17.7. The maximum Gasteiger partial charge on any atom is 0.326 e. The van der Waals surface area contributed by atoms with Crippen LogP contribution in [0.15, 0.2) is 65.7 Å². The van der Waals surface area contributed by atoms with Crippen LogP contribution in [0.3, 0.4) is 0 Å². The molecule has 0 bridgehead atoms. The van der Waals surface area contributed by atoms with Gasteiger partial charge in [0.2, 0.25) is 5.95 Å². The van der Waals surface area contributed by atoms with Crippen LogP contribution in [0.2, 0.25) is 0 Å². The SMILES string of the molecule is O=c1[nH]c2cc(Nc3ccccc3)c(N3CCN(c4ncccn4)CC3)cc2n1CC1CCCCC1. The number of aromatic amines is 1. The molecule has 4 aromatic rings. The van der Waals surface area contributed by atoms with Gasteiger partial charge in [-0.05, 0) is 49.1 Å². The third-order valence-corrected chi connectivity index (χ3v) is 7.57. The molecule has 6 rings (SSSR count). The van der Waals surface area contributed by atoms with Gasteiger partial charge < -0.3 is 20.1 Å². The number of nitrogens with zero attached hydrogens (tertiary/aromatic N) is 5. The standard InChI is InChI=1S/C28H33N7O/c36-28-32-24-18-23(31-22-10-5-2-6-11-22)25(19-26(24)35(28)20-21-8-3-1-4-9-21)33-14-16-34(17-15-33)27-29-12-7-13-30-27/h2,5-7,10-13,18-19,21,31H,1,3-4,8-9,14-17,20H2,(H,32,36). The molecule has 1 aliphatic heterocycles. The predicted molar refractivity (Wildman–Crippen MR) is 145 cm³/mol. The van der Waals surface area contributed by atoms with Gasteiger partial charge in [0.1, 0.15) is 0 Å². The van der Waals surface area contributed by atoms with Crippen LogP contribution in [0, 0.1) is 5.92 Å². The van der Waals surface area contributed by atoms with E-state index >= 15 is 0 Å². The van der Waals surface area contributed by atoms with Gasteiger partial charge in [-0.3, -0.25) is 4.57 Å². The minimum absolute atomic E-state index is 0.00979. The molecular weight excluding hydrogens is 450 g/mol. The third-order valence-electron chi connectivity index (χ3n) is 7.57. The molecule has 0 unspecified atom stereocenters. The summed E-state index contributed by atoms with van der Waals surface area (Å²) in [5.41, 5.74) is 5.02. The fourth-order valence-corrected chi connectivity index (χ4v) is 5.64. The number of fused-ring (bicyclic) bond motifs is 1. The van der Waals surface area contributed by atoms with Gasteiger partial charge in [0, 0.05) is 50.8 Å². The first kappa shape index (κ1) is 22.6. The molecule has 0 radical (unpaired) electrons. The lowest BCUT2D eigenvalue weighted by Gasteiger charge is -2.37. The number of nitrogens with one attached hydrogen (secondary N) is 2. The van der Waals surface area contributed by atoms with E-state index in [0.29, 0.717) is 5.92 Å². The van der Waals surface area contributed by atoms with Crippen LogP contribution in [0.1, 0.15) is 32.1 Å². The minimum atomic E-state index is -0.00979. The van der Waals surface area contributed by atoms with Crippen molar-refractivity contribution in [1.29, 1.82) is 0 Å². The third kappa shape index (κ3) is 4.67. The largest absolute Gasteiger partial charge is 0.366 e. The topological polar surface area (TPSA) is 82.1 Å². The summed E-state index contributed by atoms with van der Waals surface area (Å²) in [7, 11) is 0. The van der Waals surface area contributed by atoms with E-state index in [9.17, 15) is 4.79 Å². The van der Waals surface area contributed by atoms with Gasteiger partial charge in [0.15, 0.2) is 0 Å². The quantitative estimate of drug-likeness (QED) is 0.411. The highest BCUT2D eigenvalue weighted by atomic mass is 16.1. The average Bonchev–Trinajstić information content (AvgIpc) is 3.23. The number of para-hydroxylation sites is 1. The van der Waals surface area contributed by atoms with Crippen LogP contribution in [0.5, 0.6) is 0 Å². The Balaban J connectivity index is 1.34. The number of piperazine rings is 1. The molecule has 2 aliphatic rings. The predicted octanol–water partition coefficient (Wildman–Crippen LogP) is 4.77. The zero-order valence-corrected chi connectivity index (χ0v) is 20.6. The molecule has 8 heteroatoms. The number of aromatic nitrogens is 4. The van der Waals surface area contributed by atoms with Gasteiger partial charge in [-0.1, -0.05) is 37.5 Å². The summed E-state index contributed by atoms with van der Waals surface area (Å²) in [5, 5.41) is 3.60. The maximum absolute atomic E-state index is 13.0. The molecule has 2 aromatic carbocycles. The molecule has 3 heterocycles. The number of benzene rings is 2. The van der Waals surface area contributed by atoms with E-state index in [0.717, 1.165) is 66.8 Å². The van der Waals surface area contributed by atoms with E-state index < -0.39 is 0 Å². The van der Waals surface area contributed by atoms with Crippen molar-refractivity contribution < 1.29 is 0 Å². The van der Waals surface area contributed by atoms with Crippen LogP contribution in [-0.4, -0.2) is 45.7 Å². The Labute approximate surface area is 211 Å². The van der Waals surface area contributed by atoms with Gasteiger partial charge in [-0.15, -0.1) is 0 Å². The summed E-state index contributed by atoms with van der Waals surface area (Å²) in [6, 6.07) is 16.4. The van der Waals surface area contributed by atoms with Crippen LogP contribution in [0.25, 0.3) is 11.0 Å². The van der Waals surface area contributed by atoms with Crippen LogP contribution in [0.4, 0.5) is 23.0 Å². The van der Waals surface area contributed by atoms with Crippen LogP contribution >= 0.6 is 0 Å². The van der Waals surface area contributed by atoms with Gasteiger partial charge in [-0.2, -0.15) is 0 Å². The monoisotopic (exact) mass is 483 g/mol. The molecular formula is C28H33N7O. The van der Waals surface area contributed by atoms with Crippen molar-refractivity contribution in [1.82, 2.24) is 19.5 Å². The Morgan fingerprint density at radius 3 is 2.36 bits per heavy atom. The fraction of sp³-hybridized carbons (Fsp3) is 0.393. The first-order valence-electron chi connectivity index (χ1n) is 13.1. The Morgan fingerprint density at radius 1 is 0.889 bits per heavy atom. The summed E-state index contributed by atoms with van der Waals surface area (Å²) in [6.07, 6.45) is 9.87. The minimum Gasteiger partial charge on any atom is -0.366 e. The number of hydrogen-bond acceptors (Lipinski definition) is 6. The number of H-pyrrole nitrogens is 1. The number of anilines is 4. The zero-order chi connectivity index (χ0) is 24.3.